The van der Waals surface area contributed by atoms with Crippen molar-refractivity contribution < 1.29 is 19.1 Å². The molecule has 0 unspecified atom stereocenters. The van der Waals surface area contributed by atoms with E-state index in [9.17, 15) is 9.59 Å². The topological polar surface area (TPSA) is 64.6 Å². The molecular formula is C25H18ClNO4. The molecule has 0 spiro atoms. The second-order valence-electron chi connectivity index (χ2n) is 6.89. The largest absolute Gasteiger partial charge is 0.497 e. The fourth-order valence-corrected chi connectivity index (χ4v) is 3.41. The zero-order valence-electron chi connectivity index (χ0n) is 16.6. The summed E-state index contributed by atoms with van der Waals surface area (Å²) in [6, 6.07) is 19.9. The van der Waals surface area contributed by atoms with Crippen LogP contribution in [0.25, 0.3) is 0 Å². The summed E-state index contributed by atoms with van der Waals surface area (Å²) in [6.07, 6.45) is 0. The van der Waals surface area contributed by atoms with Gasteiger partial charge in [-0.15, -0.1) is 0 Å². The molecule has 0 bridgehead atoms. The highest BCUT2D eigenvalue weighted by atomic mass is 35.5. The number of esters is 1. The van der Waals surface area contributed by atoms with E-state index in [1.54, 1.807) is 67.8 Å². The molecule has 0 saturated heterocycles. The van der Waals surface area contributed by atoms with Gasteiger partial charge in [0.1, 0.15) is 17.5 Å². The first-order valence-electron chi connectivity index (χ1n) is 9.58. The van der Waals surface area contributed by atoms with Crippen LogP contribution in [-0.4, -0.2) is 25.0 Å². The molecule has 0 aromatic heterocycles. The first-order valence-corrected chi connectivity index (χ1v) is 9.95. The minimum Gasteiger partial charge on any atom is -0.497 e. The smallest absolute Gasteiger partial charge is 0.335 e. The molecule has 2 atom stereocenters. The summed E-state index contributed by atoms with van der Waals surface area (Å²) in [5, 5.41) is 3.39. The van der Waals surface area contributed by atoms with Crippen LogP contribution in [0.1, 0.15) is 27.4 Å². The monoisotopic (exact) mass is 431 g/mol. The molecule has 0 saturated carbocycles. The van der Waals surface area contributed by atoms with E-state index in [1.807, 2.05) is 12.1 Å². The van der Waals surface area contributed by atoms with Gasteiger partial charge >= 0.3 is 5.97 Å². The minimum absolute atomic E-state index is 0.400. The van der Waals surface area contributed by atoms with E-state index < -0.39 is 23.8 Å². The number of para-hydroxylation sites is 1. The van der Waals surface area contributed by atoms with Gasteiger partial charge in [0, 0.05) is 21.7 Å². The van der Waals surface area contributed by atoms with Crippen LogP contribution >= 0.6 is 11.6 Å². The standard InChI is InChI=1S/C25H18ClNO4/c1-30-19-13-9-17(10-14-19)24(28)27-23-21(15-8-16-6-11-18(26)12-7-16)20-4-2-3-5-22(20)31-25(23)29/h2-7,9-14,21,23H,1H3,(H,27,28)/t21-,23-/m0/s1. The molecule has 0 radical (unpaired) electrons. The molecule has 0 aliphatic carbocycles. The molecule has 3 aromatic carbocycles. The fraction of sp³-hybridized carbons (Fsp3) is 0.120. The Kier molecular flexibility index (Phi) is 5.92. The summed E-state index contributed by atoms with van der Waals surface area (Å²) in [6.45, 7) is 0. The van der Waals surface area contributed by atoms with E-state index >= 15 is 0 Å². The molecule has 3 aromatic rings. The first-order chi connectivity index (χ1) is 15.0. The van der Waals surface area contributed by atoms with E-state index in [2.05, 4.69) is 17.2 Å². The third-order valence-corrected chi connectivity index (χ3v) is 5.16. The van der Waals surface area contributed by atoms with Gasteiger partial charge in [0.15, 0.2) is 0 Å². The number of ether oxygens (including phenoxy) is 2. The van der Waals surface area contributed by atoms with E-state index in [4.69, 9.17) is 21.1 Å². The normalized spacial score (nSPS) is 16.9. The quantitative estimate of drug-likeness (QED) is 0.383. The molecule has 1 heterocycles. The first kappa shape index (κ1) is 20.5. The molecule has 154 valence electrons. The number of carbonyl (C=O) groups excluding carboxylic acids is 2. The summed E-state index contributed by atoms with van der Waals surface area (Å²) in [5.41, 5.74) is 1.89. The Morgan fingerprint density at radius 2 is 1.74 bits per heavy atom. The Hall–Kier alpha value is -3.75. The summed E-state index contributed by atoms with van der Waals surface area (Å²) >= 11 is 5.94. The Bertz CT molecular complexity index is 1180. The fourth-order valence-electron chi connectivity index (χ4n) is 3.28. The van der Waals surface area contributed by atoms with Crippen molar-refractivity contribution in [2.75, 3.05) is 7.11 Å². The Labute approximate surface area is 184 Å². The van der Waals surface area contributed by atoms with Gasteiger partial charge in [0.25, 0.3) is 5.91 Å². The van der Waals surface area contributed by atoms with E-state index in [-0.39, 0.29) is 0 Å². The van der Waals surface area contributed by atoms with Crippen molar-refractivity contribution in [1.29, 1.82) is 0 Å². The highest BCUT2D eigenvalue weighted by Crippen LogP contribution is 2.34. The Morgan fingerprint density at radius 3 is 2.45 bits per heavy atom. The lowest BCUT2D eigenvalue weighted by Gasteiger charge is -2.29. The van der Waals surface area contributed by atoms with Gasteiger partial charge in [-0.3, -0.25) is 4.79 Å². The molecule has 1 aliphatic heterocycles. The number of nitrogens with one attached hydrogen (secondary N) is 1. The summed E-state index contributed by atoms with van der Waals surface area (Å²) in [5.74, 6) is 5.76. The maximum Gasteiger partial charge on any atom is 0.335 e. The van der Waals surface area contributed by atoms with Crippen LogP contribution in [-0.2, 0) is 4.79 Å². The van der Waals surface area contributed by atoms with Crippen LogP contribution in [0.2, 0.25) is 5.02 Å². The van der Waals surface area contributed by atoms with Crippen molar-refractivity contribution in [1.82, 2.24) is 5.32 Å². The zero-order chi connectivity index (χ0) is 21.8. The van der Waals surface area contributed by atoms with Crippen LogP contribution in [0.5, 0.6) is 11.5 Å². The zero-order valence-corrected chi connectivity index (χ0v) is 17.3. The summed E-state index contributed by atoms with van der Waals surface area (Å²) in [4.78, 5) is 25.6. The average molecular weight is 432 g/mol. The van der Waals surface area contributed by atoms with Crippen LogP contribution in [0, 0.1) is 11.8 Å². The number of rotatable bonds is 3. The van der Waals surface area contributed by atoms with Crippen molar-refractivity contribution in [3.63, 3.8) is 0 Å². The molecule has 31 heavy (non-hydrogen) atoms. The van der Waals surface area contributed by atoms with Gasteiger partial charge in [0.05, 0.1) is 13.0 Å². The average Bonchev–Trinajstić information content (AvgIpc) is 2.80. The van der Waals surface area contributed by atoms with E-state index in [0.29, 0.717) is 22.1 Å². The van der Waals surface area contributed by atoms with Crippen molar-refractivity contribution in [2.45, 2.75) is 12.0 Å². The maximum atomic E-state index is 12.8. The summed E-state index contributed by atoms with van der Waals surface area (Å²) < 4.78 is 10.6. The number of carbonyl (C=O) groups is 2. The van der Waals surface area contributed by atoms with Crippen LogP contribution < -0.4 is 14.8 Å². The molecule has 6 heteroatoms. The number of halogens is 1. The number of fused-ring (bicyclic) bond motifs is 1. The van der Waals surface area contributed by atoms with Gasteiger partial charge in [-0.05, 0) is 54.6 Å². The van der Waals surface area contributed by atoms with Gasteiger partial charge < -0.3 is 14.8 Å². The highest BCUT2D eigenvalue weighted by molar-refractivity contribution is 6.30. The van der Waals surface area contributed by atoms with Crippen LogP contribution in [0.4, 0.5) is 0 Å². The van der Waals surface area contributed by atoms with Gasteiger partial charge in [-0.2, -0.15) is 0 Å². The van der Waals surface area contributed by atoms with Gasteiger partial charge in [0.2, 0.25) is 0 Å². The second kappa shape index (κ2) is 8.95. The number of benzene rings is 3. The maximum absolute atomic E-state index is 12.8. The van der Waals surface area contributed by atoms with Crippen LogP contribution in [0.3, 0.4) is 0 Å². The van der Waals surface area contributed by atoms with Crippen LogP contribution in [0.15, 0.2) is 72.8 Å². The van der Waals surface area contributed by atoms with Crippen molar-refractivity contribution >= 4 is 23.5 Å². The predicted octanol–water partition coefficient (Wildman–Crippen LogP) is 4.20. The van der Waals surface area contributed by atoms with Crippen molar-refractivity contribution in [3.8, 4) is 23.3 Å². The molecular weight excluding hydrogens is 414 g/mol. The molecule has 4 rings (SSSR count). The lowest BCUT2D eigenvalue weighted by molar-refractivity contribution is -0.137. The van der Waals surface area contributed by atoms with Crippen molar-refractivity contribution in [3.05, 3.63) is 94.5 Å². The summed E-state index contributed by atoms with van der Waals surface area (Å²) in [7, 11) is 1.55. The molecule has 1 aliphatic rings. The van der Waals surface area contributed by atoms with Gasteiger partial charge in [-0.25, -0.2) is 4.79 Å². The predicted molar refractivity (Wildman–Crippen MR) is 117 cm³/mol. The molecule has 0 fully saturated rings. The van der Waals surface area contributed by atoms with E-state index in [0.717, 1.165) is 11.1 Å². The SMILES string of the molecule is COc1ccc(C(=O)N[C@@H]2C(=O)Oc3ccccc3[C@@H]2C#Cc2ccc(Cl)cc2)cc1. The minimum atomic E-state index is -0.954. The second-order valence-corrected chi connectivity index (χ2v) is 7.33. The molecule has 5 nitrogen and oxygen atoms in total. The highest BCUT2D eigenvalue weighted by Gasteiger charge is 2.38. The Morgan fingerprint density at radius 1 is 1.03 bits per heavy atom. The number of methoxy groups -OCH3 is 1. The Balaban J connectivity index is 1.66. The van der Waals surface area contributed by atoms with Crippen molar-refractivity contribution in [2.24, 2.45) is 0 Å². The molecule has 1 amide bonds. The number of hydrogen-bond acceptors (Lipinski definition) is 4. The number of amides is 1. The lowest BCUT2D eigenvalue weighted by atomic mass is 9.88. The third kappa shape index (κ3) is 4.55. The lowest BCUT2D eigenvalue weighted by Crippen LogP contribution is -2.49. The molecule has 1 N–H and O–H groups in total. The number of hydrogen-bond donors (Lipinski definition) is 1. The third-order valence-electron chi connectivity index (χ3n) is 4.91. The van der Waals surface area contributed by atoms with E-state index in [1.165, 1.54) is 0 Å². The van der Waals surface area contributed by atoms with Gasteiger partial charge in [-0.1, -0.05) is 41.6 Å².